The molecule has 2 atom stereocenters. The number of halogens is 3. The molecule has 3 aromatic rings. The molecule has 2 aromatic carbocycles. The van der Waals surface area contributed by atoms with E-state index in [0.717, 1.165) is 6.07 Å². The molecule has 1 amide bonds. The van der Waals surface area contributed by atoms with E-state index in [-0.39, 0.29) is 12.0 Å². The van der Waals surface area contributed by atoms with Gasteiger partial charge >= 0.3 is 6.18 Å². The number of fused-ring (bicyclic) bond motifs is 1. The summed E-state index contributed by atoms with van der Waals surface area (Å²) in [7, 11) is 0. The SMILES string of the molecule is CCc1nc(NC2CNCCC2c2cccc(C(F)(F)F)c2)c2cccc(C(N)=O)c2n1. The molecule has 0 bridgehead atoms. The Morgan fingerprint density at radius 1 is 1.22 bits per heavy atom. The van der Waals surface area contributed by atoms with E-state index in [1.165, 1.54) is 12.1 Å². The number of hydrogen-bond acceptors (Lipinski definition) is 5. The largest absolute Gasteiger partial charge is 0.416 e. The minimum absolute atomic E-state index is 0.145. The Labute approximate surface area is 183 Å². The molecule has 1 fully saturated rings. The van der Waals surface area contributed by atoms with Gasteiger partial charge in [-0.25, -0.2) is 9.97 Å². The normalized spacial score (nSPS) is 19.1. The van der Waals surface area contributed by atoms with Crippen molar-refractivity contribution in [3.05, 3.63) is 65.0 Å². The standard InChI is InChI=1S/C23H24F3N5O/c1-2-19-30-20-16(21(27)32)7-4-8-17(20)22(31-19)29-18-12-28-10-9-15(18)13-5-3-6-14(11-13)23(24,25)26/h3-8,11,15,18,28H,2,9-10,12H2,1H3,(H2,27,32)(H,29,30,31). The van der Waals surface area contributed by atoms with Gasteiger partial charge in [0.2, 0.25) is 0 Å². The van der Waals surface area contributed by atoms with Gasteiger partial charge in [0.1, 0.15) is 11.6 Å². The quantitative estimate of drug-likeness (QED) is 0.557. The highest BCUT2D eigenvalue weighted by molar-refractivity contribution is 6.07. The highest BCUT2D eigenvalue weighted by atomic mass is 19.4. The van der Waals surface area contributed by atoms with Crippen molar-refractivity contribution < 1.29 is 18.0 Å². The van der Waals surface area contributed by atoms with Gasteiger partial charge in [-0.2, -0.15) is 13.2 Å². The van der Waals surface area contributed by atoms with Crippen LogP contribution >= 0.6 is 0 Å². The maximum atomic E-state index is 13.3. The molecule has 1 aliphatic heterocycles. The zero-order valence-electron chi connectivity index (χ0n) is 17.5. The van der Waals surface area contributed by atoms with E-state index in [9.17, 15) is 18.0 Å². The number of benzene rings is 2. The van der Waals surface area contributed by atoms with E-state index in [4.69, 9.17) is 5.73 Å². The minimum Gasteiger partial charge on any atom is -0.366 e. The van der Waals surface area contributed by atoms with Crippen LogP contribution in [0.1, 0.15) is 46.6 Å². The van der Waals surface area contributed by atoms with Crippen LogP contribution in [0.2, 0.25) is 0 Å². The molecular weight excluding hydrogens is 419 g/mol. The van der Waals surface area contributed by atoms with Gasteiger partial charge < -0.3 is 16.4 Å². The van der Waals surface area contributed by atoms with E-state index < -0.39 is 17.6 Å². The summed E-state index contributed by atoms with van der Waals surface area (Å²) in [6.45, 7) is 3.17. The van der Waals surface area contributed by atoms with Crippen LogP contribution in [0, 0.1) is 0 Å². The van der Waals surface area contributed by atoms with Crippen molar-refractivity contribution in [3.63, 3.8) is 0 Å². The molecule has 0 radical (unpaired) electrons. The van der Waals surface area contributed by atoms with Gasteiger partial charge in [0.05, 0.1) is 16.6 Å². The van der Waals surface area contributed by atoms with Crippen LogP contribution in [0.15, 0.2) is 42.5 Å². The van der Waals surface area contributed by atoms with Gasteiger partial charge in [0.25, 0.3) is 5.91 Å². The Bertz CT molecular complexity index is 1150. The van der Waals surface area contributed by atoms with Crippen LogP contribution in [0.3, 0.4) is 0 Å². The summed E-state index contributed by atoms with van der Waals surface area (Å²) in [4.78, 5) is 21.0. The fourth-order valence-electron chi connectivity index (χ4n) is 4.20. The second kappa shape index (κ2) is 8.74. The molecule has 0 aliphatic carbocycles. The van der Waals surface area contributed by atoms with Crippen molar-refractivity contribution >= 4 is 22.6 Å². The van der Waals surface area contributed by atoms with E-state index >= 15 is 0 Å². The molecule has 0 saturated carbocycles. The zero-order valence-corrected chi connectivity index (χ0v) is 17.5. The van der Waals surface area contributed by atoms with Crippen molar-refractivity contribution in [1.29, 1.82) is 0 Å². The maximum absolute atomic E-state index is 13.3. The highest BCUT2D eigenvalue weighted by Gasteiger charge is 2.33. The summed E-state index contributed by atoms with van der Waals surface area (Å²) in [5, 5.41) is 7.37. The second-order valence-corrected chi connectivity index (χ2v) is 7.88. The molecule has 6 nitrogen and oxygen atoms in total. The predicted molar refractivity (Wildman–Crippen MR) is 117 cm³/mol. The van der Waals surface area contributed by atoms with Crippen molar-refractivity contribution in [2.24, 2.45) is 5.73 Å². The third-order valence-electron chi connectivity index (χ3n) is 5.80. The van der Waals surface area contributed by atoms with Crippen molar-refractivity contribution in [1.82, 2.24) is 15.3 Å². The molecule has 4 N–H and O–H groups in total. The Morgan fingerprint density at radius 3 is 2.72 bits per heavy atom. The molecule has 1 aliphatic rings. The Kier molecular flexibility index (Phi) is 6.01. The van der Waals surface area contributed by atoms with E-state index in [1.54, 1.807) is 24.3 Å². The number of nitrogens with two attached hydrogens (primary N) is 1. The number of rotatable bonds is 5. The number of primary amides is 1. The molecule has 2 unspecified atom stereocenters. The second-order valence-electron chi connectivity index (χ2n) is 7.88. The predicted octanol–water partition coefficient (Wildman–Crippen LogP) is 3.87. The number of amides is 1. The lowest BCUT2D eigenvalue weighted by molar-refractivity contribution is -0.137. The van der Waals surface area contributed by atoms with Crippen molar-refractivity contribution in [3.8, 4) is 0 Å². The molecule has 168 valence electrons. The number of carbonyl (C=O) groups is 1. The number of alkyl halides is 3. The third kappa shape index (κ3) is 4.38. The summed E-state index contributed by atoms with van der Waals surface area (Å²) in [6, 6.07) is 10.4. The van der Waals surface area contributed by atoms with Crippen LogP contribution < -0.4 is 16.4 Å². The van der Waals surface area contributed by atoms with Gasteiger partial charge in [0.15, 0.2) is 0 Å². The van der Waals surface area contributed by atoms with Gasteiger partial charge in [0, 0.05) is 30.3 Å². The van der Waals surface area contributed by atoms with Gasteiger partial charge in [-0.3, -0.25) is 4.79 Å². The minimum atomic E-state index is -4.39. The van der Waals surface area contributed by atoms with Crippen LogP contribution in [-0.2, 0) is 12.6 Å². The molecule has 32 heavy (non-hydrogen) atoms. The van der Waals surface area contributed by atoms with Crippen LogP contribution in [0.4, 0.5) is 19.0 Å². The van der Waals surface area contributed by atoms with Crippen LogP contribution in [0.25, 0.3) is 10.9 Å². The summed E-state index contributed by atoms with van der Waals surface area (Å²) in [5.41, 5.74) is 6.28. The number of carbonyl (C=O) groups excluding carboxylic acids is 1. The van der Waals surface area contributed by atoms with Gasteiger partial charge in [-0.05, 0) is 36.7 Å². The van der Waals surface area contributed by atoms with E-state index in [0.29, 0.717) is 59.6 Å². The molecular formula is C23H24F3N5O. The Balaban J connectivity index is 1.74. The molecule has 1 aromatic heterocycles. The number of aryl methyl sites for hydroxylation is 1. The topological polar surface area (TPSA) is 92.9 Å². The number of piperidine rings is 1. The molecule has 2 heterocycles. The maximum Gasteiger partial charge on any atom is 0.416 e. The first kappa shape index (κ1) is 22.0. The number of nitrogens with zero attached hydrogens (tertiary/aromatic N) is 2. The first-order valence-electron chi connectivity index (χ1n) is 10.5. The van der Waals surface area contributed by atoms with Crippen LogP contribution in [0.5, 0.6) is 0 Å². The van der Waals surface area contributed by atoms with Crippen molar-refractivity contribution in [2.75, 3.05) is 18.4 Å². The highest BCUT2D eigenvalue weighted by Crippen LogP contribution is 2.35. The van der Waals surface area contributed by atoms with E-state index in [2.05, 4.69) is 20.6 Å². The molecule has 1 saturated heterocycles. The number of para-hydroxylation sites is 1. The van der Waals surface area contributed by atoms with Gasteiger partial charge in [-0.1, -0.05) is 31.2 Å². The summed E-state index contributed by atoms with van der Waals surface area (Å²) < 4.78 is 39.8. The lowest BCUT2D eigenvalue weighted by Crippen LogP contribution is -2.44. The number of aromatic nitrogens is 2. The third-order valence-corrected chi connectivity index (χ3v) is 5.80. The van der Waals surface area contributed by atoms with Crippen LogP contribution in [-0.4, -0.2) is 35.0 Å². The number of nitrogens with one attached hydrogen (secondary N) is 2. The molecule has 4 rings (SSSR count). The smallest absolute Gasteiger partial charge is 0.366 e. The summed E-state index contributed by atoms with van der Waals surface area (Å²) in [5.74, 6) is 0.366. The Hall–Kier alpha value is -3.20. The lowest BCUT2D eigenvalue weighted by atomic mass is 9.85. The average molecular weight is 443 g/mol. The summed E-state index contributed by atoms with van der Waals surface area (Å²) in [6.07, 6.45) is -3.16. The fraction of sp³-hybridized carbons (Fsp3) is 0.348. The monoisotopic (exact) mass is 443 g/mol. The van der Waals surface area contributed by atoms with Gasteiger partial charge in [-0.15, -0.1) is 0 Å². The number of anilines is 1. The lowest BCUT2D eigenvalue weighted by Gasteiger charge is -2.34. The fourth-order valence-corrected chi connectivity index (χ4v) is 4.20. The molecule has 9 heteroatoms. The average Bonchev–Trinajstić information content (AvgIpc) is 2.78. The Morgan fingerprint density at radius 2 is 2.00 bits per heavy atom. The summed E-state index contributed by atoms with van der Waals surface area (Å²) >= 11 is 0. The first-order valence-corrected chi connectivity index (χ1v) is 10.5. The van der Waals surface area contributed by atoms with Crippen molar-refractivity contribution in [2.45, 2.75) is 37.9 Å². The van der Waals surface area contributed by atoms with E-state index in [1.807, 2.05) is 6.92 Å². The number of hydrogen-bond donors (Lipinski definition) is 3. The molecule has 0 spiro atoms. The first-order chi connectivity index (χ1) is 15.3. The zero-order chi connectivity index (χ0) is 22.9.